The molecule has 88 valence electrons. The van der Waals surface area contributed by atoms with E-state index in [4.69, 9.17) is 0 Å². The maximum Gasteiger partial charge on any atom is 0.253 e. The summed E-state index contributed by atoms with van der Waals surface area (Å²) in [5, 5.41) is 12.2. The molecule has 1 heterocycles. The van der Waals surface area contributed by atoms with Crippen molar-refractivity contribution in [2.75, 3.05) is 5.32 Å². The molecule has 5 nitrogen and oxygen atoms in total. The molecule has 0 spiro atoms. The van der Waals surface area contributed by atoms with Gasteiger partial charge in [0.2, 0.25) is 12.3 Å². The number of hydrogen-bond acceptors (Lipinski definition) is 3. The zero-order valence-corrected chi connectivity index (χ0v) is 9.49. The molecule has 0 aromatic carbocycles. The number of amides is 1. The molecule has 2 N–H and O–H groups in total. The molecule has 1 aromatic heterocycles. The second-order valence-electron chi connectivity index (χ2n) is 3.63. The van der Waals surface area contributed by atoms with Gasteiger partial charge in [0.25, 0.3) is 5.56 Å². The highest BCUT2D eigenvalue weighted by Gasteiger charge is 2.11. The second-order valence-corrected chi connectivity index (χ2v) is 3.63. The highest BCUT2D eigenvalue weighted by molar-refractivity contribution is 5.76. The van der Waals surface area contributed by atoms with Gasteiger partial charge in [0, 0.05) is 12.6 Å². The number of aryl methyl sites for hydroxylation is 1. The number of hydrogen-bond donors (Lipinski definition) is 2. The van der Waals surface area contributed by atoms with Gasteiger partial charge in [-0.1, -0.05) is 13.3 Å². The van der Waals surface area contributed by atoms with Crippen LogP contribution in [0.25, 0.3) is 0 Å². The van der Waals surface area contributed by atoms with Gasteiger partial charge >= 0.3 is 0 Å². The lowest BCUT2D eigenvalue weighted by Gasteiger charge is -2.13. The van der Waals surface area contributed by atoms with E-state index in [2.05, 4.69) is 5.32 Å². The SMILES string of the molecule is CCCCn1c(O)c(NC=O)c(C)cc1=O. The Morgan fingerprint density at radius 2 is 2.25 bits per heavy atom. The molecule has 0 saturated carbocycles. The number of anilines is 1. The average Bonchev–Trinajstić information content (AvgIpc) is 2.24. The Kier molecular flexibility index (Phi) is 4.10. The van der Waals surface area contributed by atoms with Crippen molar-refractivity contribution in [1.29, 1.82) is 0 Å². The topological polar surface area (TPSA) is 71.3 Å². The number of nitrogens with one attached hydrogen (secondary N) is 1. The van der Waals surface area contributed by atoms with Crippen LogP contribution in [0.4, 0.5) is 5.69 Å². The zero-order valence-electron chi connectivity index (χ0n) is 9.49. The summed E-state index contributed by atoms with van der Waals surface area (Å²) in [6.45, 7) is 4.12. The Balaban J connectivity index is 3.21. The molecule has 0 atom stereocenters. The minimum atomic E-state index is -0.250. The van der Waals surface area contributed by atoms with Crippen molar-refractivity contribution in [3.05, 3.63) is 22.0 Å². The summed E-state index contributed by atoms with van der Waals surface area (Å²) >= 11 is 0. The van der Waals surface area contributed by atoms with Crippen LogP contribution in [0.15, 0.2) is 10.9 Å². The molecule has 0 aliphatic heterocycles. The molecular formula is C11H16N2O3. The van der Waals surface area contributed by atoms with E-state index in [1.54, 1.807) is 6.92 Å². The van der Waals surface area contributed by atoms with Crippen LogP contribution in [0.1, 0.15) is 25.3 Å². The first-order valence-corrected chi connectivity index (χ1v) is 5.25. The maximum absolute atomic E-state index is 11.6. The lowest BCUT2D eigenvalue weighted by Crippen LogP contribution is -2.21. The third-order valence-corrected chi connectivity index (χ3v) is 2.42. The molecule has 0 fully saturated rings. The van der Waals surface area contributed by atoms with Crippen molar-refractivity contribution in [3.63, 3.8) is 0 Å². The van der Waals surface area contributed by atoms with Crippen LogP contribution in [0.5, 0.6) is 5.88 Å². The lowest BCUT2D eigenvalue weighted by atomic mass is 10.2. The summed E-state index contributed by atoms with van der Waals surface area (Å²) in [7, 11) is 0. The first-order valence-electron chi connectivity index (χ1n) is 5.25. The fraction of sp³-hybridized carbons (Fsp3) is 0.455. The molecule has 5 heteroatoms. The summed E-state index contributed by atoms with van der Waals surface area (Å²) < 4.78 is 1.27. The van der Waals surface area contributed by atoms with Crippen LogP contribution < -0.4 is 10.9 Å². The van der Waals surface area contributed by atoms with Crippen molar-refractivity contribution >= 4 is 12.1 Å². The van der Waals surface area contributed by atoms with Crippen molar-refractivity contribution in [2.45, 2.75) is 33.2 Å². The fourth-order valence-corrected chi connectivity index (χ4v) is 1.52. The van der Waals surface area contributed by atoms with E-state index in [0.29, 0.717) is 24.2 Å². The van der Waals surface area contributed by atoms with Crippen LogP contribution in [0.3, 0.4) is 0 Å². The van der Waals surface area contributed by atoms with E-state index in [0.717, 1.165) is 12.8 Å². The van der Waals surface area contributed by atoms with Crippen LogP contribution in [-0.4, -0.2) is 16.1 Å². The highest BCUT2D eigenvalue weighted by atomic mass is 16.3. The zero-order chi connectivity index (χ0) is 12.1. The summed E-state index contributed by atoms with van der Waals surface area (Å²) in [6, 6.07) is 1.40. The molecule has 0 aliphatic rings. The Hall–Kier alpha value is -1.78. The van der Waals surface area contributed by atoms with Crippen molar-refractivity contribution in [3.8, 4) is 5.88 Å². The van der Waals surface area contributed by atoms with Crippen LogP contribution in [0, 0.1) is 6.92 Å². The molecule has 0 radical (unpaired) electrons. The van der Waals surface area contributed by atoms with E-state index < -0.39 is 0 Å². The third-order valence-electron chi connectivity index (χ3n) is 2.42. The first-order chi connectivity index (χ1) is 7.61. The molecule has 1 aromatic rings. The Bertz CT molecular complexity index is 438. The number of carbonyl (C=O) groups excluding carboxylic acids is 1. The fourth-order valence-electron chi connectivity index (χ4n) is 1.52. The number of aromatic nitrogens is 1. The summed E-state index contributed by atoms with van der Waals surface area (Å²) in [6.07, 6.45) is 2.21. The molecule has 0 unspecified atom stereocenters. The number of nitrogens with zero attached hydrogens (tertiary/aromatic N) is 1. The van der Waals surface area contributed by atoms with Gasteiger partial charge in [-0.25, -0.2) is 0 Å². The van der Waals surface area contributed by atoms with Crippen molar-refractivity contribution in [1.82, 2.24) is 4.57 Å². The number of carbonyl (C=O) groups is 1. The normalized spacial score (nSPS) is 10.1. The number of aromatic hydroxyl groups is 1. The van der Waals surface area contributed by atoms with Crippen LogP contribution in [-0.2, 0) is 11.3 Å². The largest absolute Gasteiger partial charge is 0.493 e. The van der Waals surface area contributed by atoms with Gasteiger partial charge in [0.1, 0.15) is 5.69 Å². The van der Waals surface area contributed by atoms with E-state index >= 15 is 0 Å². The molecule has 1 amide bonds. The van der Waals surface area contributed by atoms with E-state index in [1.807, 2.05) is 6.92 Å². The lowest BCUT2D eigenvalue weighted by molar-refractivity contribution is -0.105. The van der Waals surface area contributed by atoms with Crippen molar-refractivity contribution in [2.24, 2.45) is 0 Å². The smallest absolute Gasteiger partial charge is 0.253 e. The minimum absolute atomic E-state index is 0.175. The van der Waals surface area contributed by atoms with Crippen molar-refractivity contribution < 1.29 is 9.90 Å². The predicted octanol–water partition coefficient (Wildman–Crippen LogP) is 1.23. The number of pyridine rings is 1. The van der Waals surface area contributed by atoms with E-state index in [1.165, 1.54) is 10.6 Å². The van der Waals surface area contributed by atoms with Gasteiger partial charge in [-0.3, -0.25) is 14.2 Å². The first kappa shape index (κ1) is 12.3. The summed E-state index contributed by atoms with van der Waals surface area (Å²) in [4.78, 5) is 22.0. The molecule has 0 aliphatic carbocycles. The summed E-state index contributed by atoms with van der Waals surface area (Å²) in [5.74, 6) is -0.175. The quantitative estimate of drug-likeness (QED) is 0.739. The Labute approximate surface area is 93.7 Å². The van der Waals surface area contributed by atoms with Gasteiger partial charge in [-0.15, -0.1) is 0 Å². The van der Waals surface area contributed by atoms with Crippen LogP contribution in [0.2, 0.25) is 0 Å². The van der Waals surface area contributed by atoms with Gasteiger partial charge in [-0.2, -0.15) is 0 Å². The highest BCUT2D eigenvalue weighted by Crippen LogP contribution is 2.24. The van der Waals surface area contributed by atoms with Gasteiger partial charge < -0.3 is 10.4 Å². The third kappa shape index (κ3) is 2.42. The Morgan fingerprint density at radius 3 is 2.81 bits per heavy atom. The standard InChI is InChI=1S/C11H16N2O3/c1-3-4-5-13-9(15)6-8(2)10(11(13)16)12-7-14/h6-7,16H,3-5H2,1-2H3,(H,12,14). The van der Waals surface area contributed by atoms with Crippen LogP contribution >= 0.6 is 0 Å². The predicted molar refractivity (Wildman–Crippen MR) is 61.7 cm³/mol. The molecule has 0 bridgehead atoms. The second kappa shape index (κ2) is 5.34. The van der Waals surface area contributed by atoms with Gasteiger partial charge in [-0.05, 0) is 18.9 Å². The Morgan fingerprint density at radius 1 is 1.56 bits per heavy atom. The average molecular weight is 224 g/mol. The summed E-state index contributed by atoms with van der Waals surface area (Å²) in [5.41, 5.74) is 0.605. The maximum atomic E-state index is 11.6. The molecule has 16 heavy (non-hydrogen) atoms. The number of rotatable bonds is 5. The minimum Gasteiger partial charge on any atom is -0.493 e. The monoisotopic (exact) mass is 224 g/mol. The number of unbranched alkanes of at least 4 members (excludes halogenated alkanes) is 1. The van der Waals surface area contributed by atoms with E-state index in [9.17, 15) is 14.7 Å². The van der Waals surface area contributed by atoms with E-state index in [-0.39, 0.29) is 11.4 Å². The van der Waals surface area contributed by atoms with Gasteiger partial charge in [0.15, 0.2) is 0 Å². The molecular weight excluding hydrogens is 208 g/mol. The molecule has 0 saturated heterocycles. The molecule has 1 rings (SSSR count). The van der Waals surface area contributed by atoms with Gasteiger partial charge in [0.05, 0.1) is 0 Å².